The molecule has 0 radical (unpaired) electrons. The number of nitriles is 1. The average molecular weight is 225 g/mol. The Labute approximate surface area is 101 Å². The van der Waals surface area contributed by atoms with E-state index in [0.29, 0.717) is 6.61 Å². The van der Waals surface area contributed by atoms with Crippen LogP contribution in [0, 0.1) is 11.5 Å². The highest BCUT2D eigenvalue weighted by molar-refractivity contribution is 4.50. The summed E-state index contributed by atoms with van der Waals surface area (Å²) in [4.78, 5) is 0. The van der Waals surface area contributed by atoms with Gasteiger partial charge >= 0.3 is 0 Å². The third-order valence-electron chi connectivity index (χ3n) is 2.91. The lowest BCUT2D eigenvalue weighted by Crippen LogP contribution is -1.88. The van der Waals surface area contributed by atoms with Gasteiger partial charge in [-0.2, -0.15) is 5.26 Å². The summed E-state index contributed by atoms with van der Waals surface area (Å²) in [5.74, 6) is 0. The van der Waals surface area contributed by atoms with Gasteiger partial charge in [-0.3, -0.25) is 0 Å². The van der Waals surface area contributed by atoms with Gasteiger partial charge in [-0.25, -0.2) is 0 Å². The molecule has 0 aliphatic heterocycles. The van der Waals surface area contributed by atoms with E-state index in [0.717, 1.165) is 6.42 Å². The molecule has 0 amide bonds. The van der Waals surface area contributed by atoms with Crippen LogP contribution in [0.15, 0.2) is 0 Å². The highest BCUT2D eigenvalue weighted by Gasteiger charge is 1.92. The van der Waals surface area contributed by atoms with Crippen molar-refractivity contribution in [1.82, 2.24) is 0 Å². The standard InChI is InChI=1S/C14H27NO/c1-2-3-4-5-6-7-8-9-10-11-12-13-16-14-15/h2-13H2,1H3. The summed E-state index contributed by atoms with van der Waals surface area (Å²) < 4.78 is 4.62. The van der Waals surface area contributed by atoms with Crippen LogP contribution in [0.25, 0.3) is 0 Å². The van der Waals surface area contributed by atoms with Crippen molar-refractivity contribution in [1.29, 1.82) is 5.26 Å². The molecule has 0 aromatic rings. The number of rotatable bonds is 12. The summed E-state index contributed by atoms with van der Waals surface area (Å²) in [5, 5.41) is 8.16. The lowest BCUT2D eigenvalue weighted by Gasteiger charge is -2.01. The van der Waals surface area contributed by atoms with E-state index in [4.69, 9.17) is 5.26 Å². The Morgan fingerprint density at radius 3 is 1.62 bits per heavy atom. The van der Waals surface area contributed by atoms with Crippen molar-refractivity contribution in [2.45, 2.75) is 77.6 Å². The molecular formula is C14H27NO. The van der Waals surface area contributed by atoms with Gasteiger partial charge in [0.05, 0.1) is 0 Å². The van der Waals surface area contributed by atoms with Gasteiger partial charge < -0.3 is 4.74 Å². The van der Waals surface area contributed by atoms with Crippen LogP contribution in [-0.4, -0.2) is 6.61 Å². The molecule has 0 aliphatic rings. The maximum atomic E-state index is 8.16. The number of nitrogens with zero attached hydrogens (tertiary/aromatic N) is 1. The molecule has 0 aromatic heterocycles. The van der Waals surface area contributed by atoms with E-state index in [-0.39, 0.29) is 0 Å². The Hall–Kier alpha value is -0.710. The third kappa shape index (κ3) is 13.3. The van der Waals surface area contributed by atoms with Crippen LogP contribution in [0.3, 0.4) is 0 Å². The van der Waals surface area contributed by atoms with Gasteiger partial charge in [-0.05, 0) is 6.42 Å². The molecule has 0 saturated carbocycles. The van der Waals surface area contributed by atoms with E-state index in [2.05, 4.69) is 11.7 Å². The van der Waals surface area contributed by atoms with Gasteiger partial charge in [0.2, 0.25) is 0 Å². The molecule has 0 bridgehead atoms. The van der Waals surface area contributed by atoms with E-state index in [1.807, 2.05) is 0 Å². The number of ether oxygens (including phenoxy) is 1. The zero-order valence-electron chi connectivity index (χ0n) is 10.8. The van der Waals surface area contributed by atoms with Crippen molar-refractivity contribution in [2.75, 3.05) is 6.61 Å². The Balaban J connectivity index is 2.86. The monoisotopic (exact) mass is 225 g/mol. The zero-order valence-corrected chi connectivity index (χ0v) is 10.8. The maximum absolute atomic E-state index is 8.16. The lowest BCUT2D eigenvalue weighted by molar-refractivity contribution is 0.260. The minimum absolute atomic E-state index is 0.605. The maximum Gasteiger partial charge on any atom is 0.286 e. The molecule has 0 aliphatic carbocycles. The normalized spacial score (nSPS) is 10.0. The Morgan fingerprint density at radius 2 is 1.19 bits per heavy atom. The second-order valence-corrected chi connectivity index (χ2v) is 4.48. The molecule has 0 saturated heterocycles. The minimum atomic E-state index is 0.605. The average Bonchev–Trinajstić information content (AvgIpc) is 2.31. The van der Waals surface area contributed by atoms with Gasteiger partial charge in [0, 0.05) is 0 Å². The molecule has 0 spiro atoms. The van der Waals surface area contributed by atoms with Gasteiger partial charge in [-0.1, -0.05) is 71.1 Å². The summed E-state index contributed by atoms with van der Waals surface area (Å²) in [5.41, 5.74) is 0. The molecule has 16 heavy (non-hydrogen) atoms. The molecule has 0 rings (SSSR count). The third-order valence-corrected chi connectivity index (χ3v) is 2.91. The van der Waals surface area contributed by atoms with Gasteiger partial charge in [0.15, 0.2) is 0 Å². The molecule has 0 unspecified atom stereocenters. The topological polar surface area (TPSA) is 33.0 Å². The van der Waals surface area contributed by atoms with E-state index < -0.39 is 0 Å². The van der Waals surface area contributed by atoms with Crippen molar-refractivity contribution < 1.29 is 4.74 Å². The Bertz CT molecular complexity index is 163. The van der Waals surface area contributed by atoms with Gasteiger partial charge in [0.25, 0.3) is 6.26 Å². The largest absolute Gasteiger partial charge is 0.428 e. The van der Waals surface area contributed by atoms with Gasteiger partial charge in [-0.15, -0.1) is 0 Å². The molecule has 0 aromatic carbocycles. The van der Waals surface area contributed by atoms with E-state index in [9.17, 15) is 0 Å². The number of hydrogen-bond donors (Lipinski definition) is 0. The zero-order chi connectivity index (χ0) is 11.9. The van der Waals surface area contributed by atoms with Crippen LogP contribution in [0.1, 0.15) is 77.6 Å². The van der Waals surface area contributed by atoms with Crippen LogP contribution in [0.5, 0.6) is 0 Å². The second kappa shape index (κ2) is 14.3. The number of hydrogen-bond acceptors (Lipinski definition) is 2. The van der Waals surface area contributed by atoms with Crippen molar-refractivity contribution in [3.8, 4) is 6.26 Å². The van der Waals surface area contributed by atoms with Crippen LogP contribution in [0.2, 0.25) is 0 Å². The van der Waals surface area contributed by atoms with Crippen LogP contribution < -0.4 is 0 Å². The summed E-state index contributed by atoms with van der Waals surface area (Å²) in [6, 6.07) is 0. The fourth-order valence-corrected chi connectivity index (χ4v) is 1.88. The quantitative estimate of drug-likeness (QED) is 0.353. The highest BCUT2D eigenvalue weighted by Crippen LogP contribution is 2.11. The van der Waals surface area contributed by atoms with Gasteiger partial charge in [0.1, 0.15) is 6.61 Å². The molecule has 94 valence electrons. The SMILES string of the molecule is CCCCCCCCCCCCCOC#N. The predicted molar refractivity (Wildman–Crippen MR) is 68.0 cm³/mol. The van der Waals surface area contributed by atoms with Crippen LogP contribution in [-0.2, 0) is 4.74 Å². The van der Waals surface area contributed by atoms with E-state index in [1.165, 1.54) is 64.2 Å². The molecule has 2 heteroatoms. The van der Waals surface area contributed by atoms with E-state index in [1.54, 1.807) is 6.26 Å². The van der Waals surface area contributed by atoms with Crippen molar-refractivity contribution >= 4 is 0 Å². The molecule has 0 atom stereocenters. The Morgan fingerprint density at radius 1 is 0.750 bits per heavy atom. The van der Waals surface area contributed by atoms with Crippen molar-refractivity contribution in [2.24, 2.45) is 0 Å². The van der Waals surface area contributed by atoms with Crippen molar-refractivity contribution in [3.63, 3.8) is 0 Å². The van der Waals surface area contributed by atoms with Crippen LogP contribution >= 0.6 is 0 Å². The number of unbranched alkanes of at least 4 members (excludes halogenated alkanes) is 10. The minimum Gasteiger partial charge on any atom is -0.428 e. The molecule has 0 N–H and O–H groups in total. The molecule has 0 fully saturated rings. The molecule has 2 nitrogen and oxygen atoms in total. The first-order valence-electron chi connectivity index (χ1n) is 6.92. The highest BCUT2D eigenvalue weighted by atomic mass is 16.5. The fraction of sp³-hybridized carbons (Fsp3) is 0.929. The summed E-state index contributed by atoms with van der Waals surface area (Å²) in [6.45, 7) is 2.86. The lowest BCUT2D eigenvalue weighted by atomic mass is 10.1. The summed E-state index contributed by atoms with van der Waals surface area (Å²) in [7, 11) is 0. The second-order valence-electron chi connectivity index (χ2n) is 4.48. The Kier molecular flexibility index (Phi) is 13.7. The predicted octanol–water partition coefficient (Wildman–Crippen LogP) is 4.80. The first-order chi connectivity index (χ1) is 7.91. The molecular weight excluding hydrogens is 198 g/mol. The van der Waals surface area contributed by atoms with E-state index >= 15 is 0 Å². The van der Waals surface area contributed by atoms with Crippen LogP contribution in [0.4, 0.5) is 0 Å². The first kappa shape index (κ1) is 15.3. The fourth-order valence-electron chi connectivity index (χ4n) is 1.88. The first-order valence-corrected chi connectivity index (χ1v) is 6.92. The summed E-state index contributed by atoms with van der Waals surface area (Å²) >= 11 is 0. The smallest absolute Gasteiger partial charge is 0.286 e. The van der Waals surface area contributed by atoms with Crippen molar-refractivity contribution in [3.05, 3.63) is 0 Å². The summed E-state index contributed by atoms with van der Waals surface area (Å²) in [6.07, 6.45) is 16.4. The molecule has 0 heterocycles.